The zero-order valence-corrected chi connectivity index (χ0v) is 15.0. The summed E-state index contributed by atoms with van der Waals surface area (Å²) < 4.78 is 0. The van der Waals surface area contributed by atoms with Crippen molar-refractivity contribution >= 4 is 12.3 Å². The van der Waals surface area contributed by atoms with Gasteiger partial charge in [0.2, 0.25) is 0 Å². The molecule has 1 aromatic rings. The monoisotopic (exact) mass is 300 g/mol. The zero-order chi connectivity index (χ0) is 16.5. The van der Waals surface area contributed by atoms with Gasteiger partial charge in [0.15, 0.2) is 0 Å². The fourth-order valence-corrected chi connectivity index (χ4v) is 2.75. The van der Waals surface area contributed by atoms with Crippen molar-refractivity contribution in [3.63, 3.8) is 0 Å². The molecule has 0 aliphatic carbocycles. The quantitative estimate of drug-likeness (QED) is 0.794. The number of hydrogen-bond acceptors (Lipinski definition) is 2. The number of nitrogens with zero attached hydrogens (tertiary/aromatic N) is 1. The third kappa shape index (κ3) is 5.34. The summed E-state index contributed by atoms with van der Waals surface area (Å²) in [4.78, 5) is 2.20. The number of nitrogens with one attached hydrogen (secondary N) is 1. The van der Waals surface area contributed by atoms with Crippen LogP contribution < -0.4 is 15.8 Å². The second-order valence-corrected chi connectivity index (χ2v) is 6.12. The topological polar surface area (TPSA) is 15.3 Å². The predicted molar refractivity (Wildman–Crippen MR) is 99.1 cm³/mol. The Hall–Kier alpha value is -1.54. The molecule has 122 valence electrons. The molecule has 0 bridgehead atoms. The number of benzene rings is 1. The van der Waals surface area contributed by atoms with Crippen molar-refractivity contribution < 1.29 is 0 Å². The van der Waals surface area contributed by atoms with Gasteiger partial charge in [-0.2, -0.15) is 0 Å². The van der Waals surface area contributed by atoms with Crippen LogP contribution in [0.5, 0.6) is 0 Å². The highest BCUT2D eigenvalue weighted by Gasteiger charge is 2.08. The molecule has 1 aromatic carbocycles. The highest BCUT2D eigenvalue weighted by molar-refractivity contribution is 5.63. The van der Waals surface area contributed by atoms with Crippen molar-refractivity contribution in [3.05, 3.63) is 45.8 Å². The molecule has 2 heteroatoms. The molecule has 0 unspecified atom stereocenters. The largest absolute Gasteiger partial charge is 0.383 e. The Labute approximate surface area is 136 Å². The van der Waals surface area contributed by atoms with Gasteiger partial charge < -0.3 is 10.2 Å². The van der Waals surface area contributed by atoms with Gasteiger partial charge in [0.1, 0.15) is 0 Å². The van der Waals surface area contributed by atoms with Crippen LogP contribution in [0.2, 0.25) is 0 Å². The van der Waals surface area contributed by atoms with Crippen molar-refractivity contribution in [3.8, 4) is 0 Å². The van der Waals surface area contributed by atoms with Gasteiger partial charge in [0, 0.05) is 24.0 Å². The smallest absolute Gasteiger partial charge is 0.0451 e. The van der Waals surface area contributed by atoms with E-state index in [0.717, 1.165) is 31.1 Å². The average molecular weight is 300 g/mol. The molecule has 0 amide bonds. The Morgan fingerprint density at radius 1 is 1.18 bits per heavy atom. The maximum Gasteiger partial charge on any atom is 0.0451 e. The molecule has 0 saturated heterocycles. The van der Waals surface area contributed by atoms with Gasteiger partial charge in [-0.1, -0.05) is 56.7 Å². The Morgan fingerprint density at radius 3 is 2.41 bits per heavy atom. The maximum atomic E-state index is 4.21. The third-order valence-corrected chi connectivity index (χ3v) is 3.94. The lowest BCUT2D eigenvalue weighted by Crippen LogP contribution is -2.35. The highest BCUT2D eigenvalue weighted by Crippen LogP contribution is 2.19. The summed E-state index contributed by atoms with van der Waals surface area (Å²) in [6.07, 6.45) is 3.39. The van der Waals surface area contributed by atoms with Crippen LogP contribution in [0.25, 0.3) is 12.3 Å². The molecule has 2 nitrogen and oxygen atoms in total. The molecule has 0 heterocycles. The summed E-state index contributed by atoms with van der Waals surface area (Å²) in [6.45, 7) is 12.9. The molecule has 22 heavy (non-hydrogen) atoms. The SMILES string of the molecule is C=c1cccc/c1=C(NCCN(C)C)/C(CC)=C(\C)CCC. The summed E-state index contributed by atoms with van der Waals surface area (Å²) in [7, 11) is 4.21. The minimum atomic E-state index is 0.944. The van der Waals surface area contributed by atoms with Crippen LogP contribution in [0, 0.1) is 0 Å². The van der Waals surface area contributed by atoms with Crippen molar-refractivity contribution in [1.29, 1.82) is 0 Å². The standard InChI is InChI=1S/C20H32N2/c1-7-11-16(3)18(8-2)20(21-14-15-22(5)6)19-13-10-9-12-17(19)4/h9-10,12-13,21H,4,7-8,11,14-15H2,1-3,5-6H3/b18-16+,20-19+. The number of hydrogen-bond donors (Lipinski definition) is 1. The first-order valence-electron chi connectivity index (χ1n) is 8.37. The van der Waals surface area contributed by atoms with Crippen LogP contribution >= 0.6 is 0 Å². The molecule has 1 N–H and O–H groups in total. The average Bonchev–Trinajstić information content (AvgIpc) is 2.47. The molecular weight excluding hydrogens is 268 g/mol. The summed E-state index contributed by atoms with van der Waals surface area (Å²) >= 11 is 0. The minimum absolute atomic E-state index is 0.944. The van der Waals surface area contributed by atoms with Gasteiger partial charge in [-0.25, -0.2) is 0 Å². The minimum Gasteiger partial charge on any atom is -0.383 e. The second-order valence-electron chi connectivity index (χ2n) is 6.12. The first-order valence-corrected chi connectivity index (χ1v) is 8.37. The highest BCUT2D eigenvalue weighted by atomic mass is 15.1. The van der Waals surface area contributed by atoms with Crippen molar-refractivity contribution in [2.75, 3.05) is 27.2 Å². The molecule has 0 fully saturated rings. The van der Waals surface area contributed by atoms with Crippen LogP contribution in [-0.2, 0) is 0 Å². The van der Waals surface area contributed by atoms with E-state index in [1.54, 1.807) is 0 Å². The van der Waals surface area contributed by atoms with E-state index in [0.29, 0.717) is 0 Å². The molecule has 0 spiro atoms. The maximum absolute atomic E-state index is 4.21. The van der Waals surface area contributed by atoms with Crippen molar-refractivity contribution in [1.82, 2.24) is 10.2 Å². The van der Waals surface area contributed by atoms with Crippen LogP contribution in [0.3, 0.4) is 0 Å². The lowest BCUT2D eigenvalue weighted by Gasteiger charge is -2.19. The molecule has 0 aromatic heterocycles. The van der Waals surface area contributed by atoms with Crippen molar-refractivity contribution in [2.45, 2.75) is 40.0 Å². The first-order chi connectivity index (χ1) is 10.5. The fraction of sp³-hybridized carbons (Fsp3) is 0.500. The summed E-state index contributed by atoms with van der Waals surface area (Å²) in [5, 5.41) is 5.99. The molecule has 0 atom stereocenters. The van der Waals surface area contributed by atoms with E-state index < -0.39 is 0 Å². The van der Waals surface area contributed by atoms with E-state index in [1.165, 1.54) is 28.5 Å². The first kappa shape index (κ1) is 18.5. The summed E-state index contributed by atoms with van der Waals surface area (Å²) in [5.74, 6) is 0. The fourth-order valence-electron chi connectivity index (χ4n) is 2.75. The molecule has 0 radical (unpaired) electrons. The van der Waals surface area contributed by atoms with Gasteiger partial charge in [0.25, 0.3) is 0 Å². The van der Waals surface area contributed by atoms with Gasteiger partial charge in [-0.3, -0.25) is 0 Å². The van der Waals surface area contributed by atoms with Gasteiger partial charge in [-0.05, 0) is 44.7 Å². The normalized spacial score (nSPS) is 13.9. The van der Waals surface area contributed by atoms with E-state index in [-0.39, 0.29) is 0 Å². The summed E-state index contributed by atoms with van der Waals surface area (Å²) in [6, 6.07) is 8.41. The Morgan fingerprint density at radius 2 is 1.86 bits per heavy atom. The van der Waals surface area contributed by atoms with Gasteiger partial charge in [0.05, 0.1) is 0 Å². The molecule has 1 rings (SSSR count). The Balaban J connectivity index is 3.35. The van der Waals surface area contributed by atoms with E-state index in [4.69, 9.17) is 0 Å². The Bertz CT molecular complexity index is 596. The van der Waals surface area contributed by atoms with E-state index in [1.807, 2.05) is 0 Å². The van der Waals surface area contributed by atoms with E-state index in [2.05, 4.69) is 75.9 Å². The Kier molecular flexibility index (Phi) is 7.97. The molecule has 0 aliphatic heterocycles. The third-order valence-electron chi connectivity index (χ3n) is 3.94. The van der Waals surface area contributed by atoms with E-state index >= 15 is 0 Å². The van der Waals surface area contributed by atoms with E-state index in [9.17, 15) is 0 Å². The van der Waals surface area contributed by atoms with Gasteiger partial charge >= 0.3 is 0 Å². The second kappa shape index (κ2) is 9.47. The van der Waals surface area contributed by atoms with Crippen LogP contribution in [0.4, 0.5) is 0 Å². The predicted octanol–water partition coefficient (Wildman–Crippen LogP) is 2.88. The number of allylic oxidation sites excluding steroid dienone is 1. The van der Waals surface area contributed by atoms with Crippen LogP contribution in [0.15, 0.2) is 35.4 Å². The van der Waals surface area contributed by atoms with Gasteiger partial charge in [-0.15, -0.1) is 0 Å². The van der Waals surface area contributed by atoms with Crippen LogP contribution in [-0.4, -0.2) is 32.1 Å². The lowest BCUT2D eigenvalue weighted by molar-refractivity contribution is 0.411. The molecule has 0 aliphatic rings. The zero-order valence-electron chi connectivity index (χ0n) is 15.0. The summed E-state index contributed by atoms with van der Waals surface area (Å²) in [5.41, 5.74) is 4.19. The molecule has 0 saturated carbocycles. The van der Waals surface area contributed by atoms with Crippen LogP contribution in [0.1, 0.15) is 40.0 Å². The number of likely N-dealkylation sites (N-methyl/N-ethyl adjacent to an activating group) is 1. The molecular formula is C20H32N2. The lowest BCUT2D eigenvalue weighted by atomic mass is 9.98. The number of rotatable bonds is 8. The van der Waals surface area contributed by atoms with Crippen molar-refractivity contribution in [2.24, 2.45) is 0 Å².